The van der Waals surface area contributed by atoms with Crippen LogP contribution >= 0.6 is 0 Å². The number of amides is 2. The first-order chi connectivity index (χ1) is 10.3. The third-order valence-corrected chi connectivity index (χ3v) is 3.10. The molecule has 22 heavy (non-hydrogen) atoms. The van der Waals surface area contributed by atoms with Crippen LogP contribution < -0.4 is 10.6 Å². The van der Waals surface area contributed by atoms with Crippen LogP contribution in [0.25, 0.3) is 0 Å². The normalized spacial score (nSPS) is 12.1. The number of carbonyl (C=O) groups excluding carboxylic acids is 2. The average molecular weight is 303 g/mol. The van der Waals surface area contributed by atoms with E-state index in [1.807, 2.05) is 12.1 Å². The van der Waals surface area contributed by atoms with Gasteiger partial charge in [-0.25, -0.2) is 0 Å². The van der Waals surface area contributed by atoms with Crippen LogP contribution in [-0.2, 0) is 10.2 Å². The Balaban J connectivity index is 2.56. The number of aliphatic hydroxyl groups is 1. The summed E-state index contributed by atoms with van der Waals surface area (Å²) in [7, 11) is 0. The Hall–Kier alpha value is -2.39. The molecule has 6 heteroatoms. The molecule has 3 N–H and O–H groups in total. The highest BCUT2D eigenvalue weighted by Crippen LogP contribution is 2.22. The molecular formula is C16H21N3O3. The Kier molecular flexibility index (Phi) is 6.08. The van der Waals surface area contributed by atoms with Crippen LogP contribution in [0.15, 0.2) is 24.3 Å². The van der Waals surface area contributed by atoms with Crippen LogP contribution in [0.3, 0.4) is 0 Å². The summed E-state index contributed by atoms with van der Waals surface area (Å²) in [5.41, 5.74) is 1.58. The monoisotopic (exact) mass is 303 g/mol. The molecule has 0 aromatic heterocycles. The Morgan fingerprint density at radius 2 is 1.86 bits per heavy atom. The number of carbonyl (C=O) groups is 2. The number of hydrogen-bond acceptors (Lipinski definition) is 4. The predicted octanol–water partition coefficient (Wildman–Crippen LogP) is 0.715. The summed E-state index contributed by atoms with van der Waals surface area (Å²) >= 11 is 0. The van der Waals surface area contributed by atoms with E-state index in [4.69, 9.17) is 10.4 Å². The van der Waals surface area contributed by atoms with Gasteiger partial charge in [-0.3, -0.25) is 9.59 Å². The quantitative estimate of drug-likeness (QED) is 0.745. The summed E-state index contributed by atoms with van der Waals surface area (Å²) in [6.07, 6.45) is 0. The molecule has 6 nitrogen and oxygen atoms in total. The summed E-state index contributed by atoms with van der Waals surface area (Å²) in [6, 6.07) is 7.94. The van der Waals surface area contributed by atoms with E-state index in [0.717, 1.165) is 5.56 Å². The molecule has 0 radical (unpaired) electrons. The smallest absolute Gasteiger partial charge is 0.251 e. The summed E-state index contributed by atoms with van der Waals surface area (Å²) in [5, 5.41) is 22.2. The van der Waals surface area contributed by atoms with Gasteiger partial charge in [-0.15, -0.1) is 0 Å². The zero-order valence-corrected chi connectivity index (χ0v) is 13.0. The van der Waals surface area contributed by atoms with Gasteiger partial charge in [-0.1, -0.05) is 32.9 Å². The summed E-state index contributed by atoms with van der Waals surface area (Å²) < 4.78 is 0. The van der Waals surface area contributed by atoms with Crippen LogP contribution in [0.5, 0.6) is 0 Å². The lowest BCUT2D eigenvalue weighted by Gasteiger charge is -2.19. The van der Waals surface area contributed by atoms with Gasteiger partial charge in [0.1, 0.15) is 6.04 Å². The maximum Gasteiger partial charge on any atom is 0.251 e. The van der Waals surface area contributed by atoms with Crippen molar-refractivity contribution in [1.82, 2.24) is 10.6 Å². The van der Waals surface area contributed by atoms with Gasteiger partial charge >= 0.3 is 0 Å². The second-order valence-corrected chi connectivity index (χ2v) is 5.94. The molecule has 1 aromatic rings. The van der Waals surface area contributed by atoms with E-state index in [9.17, 15) is 9.59 Å². The minimum atomic E-state index is -0.963. The molecule has 0 aliphatic rings. The largest absolute Gasteiger partial charge is 0.393 e. The number of nitrogens with zero attached hydrogens (tertiary/aromatic N) is 1. The van der Waals surface area contributed by atoms with Gasteiger partial charge in [0, 0.05) is 5.56 Å². The van der Waals surface area contributed by atoms with Crippen molar-refractivity contribution in [3.05, 3.63) is 35.4 Å². The molecule has 1 atom stereocenters. The molecular weight excluding hydrogens is 282 g/mol. The fourth-order valence-corrected chi connectivity index (χ4v) is 1.75. The lowest BCUT2D eigenvalue weighted by Crippen LogP contribution is -2.42. The van der Waals surface area contributed by atoms with E-state index in [0.29, 0.717) is 5.56 Å². The zero-order chi connectivity index (χ0) is 16.8. The Labute approximate surface area is 130 Å². The van der Waals surface area contributed by atoms with Crippen molar-refractivity contribution < 1.29 is 14.7 Å². The fraction of sp³-hybridized carbons (Fsp3) is 0.438. The number of rotatable bonds is 5. The van der Waals surface area contributed by atoms with Crippen molar-refractivity contribution in [3.63, 3.8) is 0 Å². The van der Waals surface area contributed by atoms with Crippen LogP contribution in [0.2, 0.25) is 0 Å². The maximum absolute atomic E-state index is 11.9. The average Bonchev–Trinajstić information content (AvgIpc) is 2.49. The molecule has 0 heterocycles. The molecule has 1 rings (SSSR count). The number of benzene rings is 1. The second kappa shape index (κ2) is 7.57. The second-order valence-electron chi connectivity index (χ2n) is 5.94. The molecule has 0 saturated heterocycles. The molecule has 0 unspecified atom stereocenters. The van der Waals surface area contributed by atoms with Crippen molar-refractivity contribution in [2.24, 2.45) is 0 Å². The highest BCUT2D eigenvalue weighted by Gasteiger charge is 2.15. The van der Waals surface area contributed by atoms with Gasteiger partial charge in [-0.05, 0) is 23.1 Å². The first-order valence-corrected chi connectivity index (χ1v) is 6.96. The Morgan fingerprint density at radius 3 is 2.32 bits per heavy atom. The lowest BCUT2D eigenvalue weighted by molar-refractivity contribution is -0.120. The molecule has 0 aliphatic heterocycles. The van der Waals surface area contributed by atoms with Crippen LogP contribution in [-0.4, -0.2) is 36.1 Å². The van der Waals surface area contributed by atoms with Gasteiger partial charge in [-0.2, -0.15) is 5.26 Å². The number of nitriles is 1. The molecule has 0 bridgehead atoms. The van der Waals surface area contributed by atoms with Gasteiger partial charge in [0.05, 0.1) is 19.2 Å². The van der Waals surface area contributed by atoms with E-state index in [-0.39, 0.29) is 17.9 Å². The third-order valence-electron chi connectivity index (χ3n) is 3.10. The van der Waals surface area contributed by atoms with Crippen molar-refractivity contribution in [3.8, 4) is 6.07 Å². The maximum atomic E-state index is 11.9. The summed E-state index contributed by atoms with van der Waals surface area (Å²) in [6.45, 7) is 5.53. The SMILES string of the molecule is CC(C)(C)c1ccc(C(=O)NCC(=O)N[C@@H](C#N)CO)cc1. The van der Waals surface area contributed by atoms with Crippen LogP contribution in [0.1, 0.15) is 36.7 Å². The molecule has 1 aromatic carbocycles. The number of nitrogens with one attached hydrogen (secondary N) is 2. The molecule has 0 aliphatic carbocycles. The van der Waals surface area contributed by atoms with Gasteiger partial charge in [0.25, 0.3) is 5.91 Å². The van der Waals surface area contributed by atoms with E-state index >= 15 is 0 Å². The summed E-state index contributed by atoms with van der Waals surface area (Å²) in [4.78, 5) is 23.4. The highest BCUT2D eigenvalue weighted by atomic mass is 16.3. The Bertz CT molecular complexity index is 568. The van der Waals surface area contributed by atoms with Crippen molar-refractivity contribution in [2.75, 3.05) is 13.2 Å². The minimum absolute atomic E-state index is 0.00545. The number of aliphatic hydroxyl groups excluding tert-OH is 1. The molecule has 2 amide bonds. The summed E-state index contributed by atoms with van der Waals surface area (Å²) in [5.74, 6) is -0.895. The Morgan fingerprint density at radius 1 is 1.27 bits per heavy atom. The van der Waals surface area contributed by atoms with E-state index in [1.165, 1.54) is 0 Å². The van der Waals surface area contributed by atoms with Gasteiger partial charge < -0.3 is 15.7 Å². The first kappa shape index (κ1) is 17.7. The zero-order valence-electron chi connectivity index (χ0n) is 13.0. The van der Waals surface area contributed by atoms with Crippen molar-refractivity contribution in [1.29, 1.82) is 5.26 Å². The van der Waals surface area contributed by atoms with E-state index in [1.54, 1.807) is 18.2 Å². The number of hydrogen-bond donors (Lipinski definition) is 3. The standard InChI is InChI=1S/C16H21N3O3/c1-16(2,3)12-6-4-11(5-7-12)15(22)18-9-14(21)19-13(8-17)10-20/h4-7,13,20H,9-10H2,1-3H3,(H,18,22)(H,19,21)/t13-/m0/s1. The van der Waals surface area contributed by atoms with E-state index in [2.05, 4.69) is 31.4 Å². The van der Waals surface area contributed by atoms with Crippen molar-refractivity contribution >= 4 is 11.8 Å². The molecule has 118 valence electrons. The third kappa shape index (κ3) is 5.19. The fourth-order valence-electron chi connectivity index (χ4n) is 1.75. The van der Waals surface area contributed by atoms with Crippen LogP contribution in [0.4, 0.5) is 0 Å². The molecule has 0 spiro atoms. The van der Waals surface area contributed by atoms with Gasteiger partial charge in [0.15, 0.2) is 0 Å². The predicted molar refractivity (Wildman–Crippen MR) is 82.1 cm³/mol. The lowest BCUT2D eigenvalue weighted by atomic mass is 9.87. The van der Waals surface area contributed by atoms with Crippen molar-refractivity contribution in [2.45, 2.75) is 32.2 Å². The highest BCUT2D eigenvalue weighted by molar-refractivity contribution is 5.96. The minimum Gasteiger partial charge on any atom is -0.393 e. The van der Waals surface area contributed by atoms with E-state index < -0.39 is 18.6 Å². The molecule has 0 saturated carbocycles. The van der Waals surface area contributed by atoms with Crippen LogP contribution in [0, 0.1) is 11.3 Å². The van der Waals surface area contributed by atoms with Gasteiger partial charge in [0.2, 0.25) is 5.91 Å². The first-order valence-electron chi connectivity index (χ1n) is 6.96. The molecule has 0 fully saturated rings. The topological polar surface area (TPSA) is 102 Å².